The smallest absolute Gasteiger partial charge is 0.277 e. The number of H-pyrrole nitrogens is 1. The third-order valence-electron chi connectivity index (χ3n) is 7.05. The summed E-state index contributed by atoms with van der Waals surface area (Å²) in [5.41, 5.74) is 0.836. The van der Waals surface area contributed by atoms with Crippen molar-refractivity contribution in [3.05, 3.63) is 46.7 Å². The van der Waals surface area contributed by atoms with Gasteiger partial charge in [0.05, 0.1) is 18.0 Å². The number of rotatable bonds is 4. The summed E-state index contributed by atoms with van der Waals surface area (Å²) in [5.74, 6) is -0.341. The number of aromatic nitrogens is 6. The van der Waals surface area contributed by atoms with Gasteiger partial charge < -0.3 is 10.6 Å². The van der Waals surface area contributed by atoms with E-state index in [1.54, 1.807) is 6.20 Å². The molecular weight excluding hydrogens is 427 g/mol. The summed E-state index contributed by atoms with van der Waals surface area (Å²) in [6.45, 7) is 0. The number of nitrogens with one attached hydrogen (secondary N) is 3. The topological polar surface area (TPSA) is 121 Å². The quantitative estimate of drug-likeness (QED) is 0.439. The molecule has 2 aliphatic rings. The van der Waals surface area contributed by atoms with E-state index in [0.717, 1.165) is 12.8 Å². The molecule has 11 heteroatoms. The molecule has 0 atom stereocenters. The molecule has 6 rings (SSSR count). The van der Waals surface area contributed by atoms with E-state index in [9.17, 15) is 9.59 Å². The van der Waals surface area contributed by atoms with Crippen LogP contribution in [0.4, 0.5) is 10.3 Å². The third kappa shape index (κ3) is 3.26. The summed E-state index contributed by atoms with van der Waals surface area (Å²) in [6, 6.07) is 0.243. The Morgan fingerprint density at radius 3 is 2.67 bits per heavy atom. The van der Waals surface area contributed by atoms with Crippen molar-refractivity contribution in [1.82, 2.24) is 34.3 Å². The van der Waals surface area contributed by atoms with Crippen LogP contribution in [0.25, 0.3) is 22.4 Å². The number of hydrogen-bond donors (Lipinski definition) is 3. The highest BCUT2D eigenvalue weighted by Gasteiger charge is 2.44. The van der Waals surface area contributed by atoms with Gasteiger partial charge >= 0.3 is 0 Å². The number of carbonyl (C=O) groups excluding carboxylic acids is 1. The standard InChI is InChI=1S/C22H23FN8O2/c1-24-18(32)15-9-26-21-25-8-12(10-30(15)21)16-14(23)11-31-17(16)19(33)28-20(29-31)27-13-2-4-22(5-3-13)6-7-22/h8-11,13H,2-7H2,1H3,(H,24,32)(H2,27,28,29,33). The van der Waals surface area contributed by atoms with E-state index in [1.807, 2.05) is 0 Å². The largest absolute Gasteiger partial charge is 0.354 e. The Hall–Kier alpha value is -3.76. The predicted molar refractivity (Wildman–Crippen MR) is 119 cm³/mol. The average molecular weight is 450 g/mol. The van der Waals surface area contributed by atoms with E-state index < -0.39 is 11.4 Å². The Bertz CT molecular complexity index is 1450. The maximum atomic E-state index is 15.0. The lowest BCUT2D eigenvalue weighted by molar-refractivity contribution is 0.0957. The first-order valence-electron chi connectivity index (χ1n) is 11.1. The average Bonchev–Trinajstić information content (AvgIpc) is 3.28. The van der Waals surface area contributed by atoms with Gasteiger partial charge in [0.15, 0.2) is 5.82 Å². The Labute approximate surface area is 187 Å². The molecule has 170 valence electrons. The molecule has 0 saturated heterocycles. The van der Waals surface area contributed by atoms with Crippen LogP contribution in [-0.2, 0) is 0 Å². The fourth-order valence-corrected chi connectivity index (χ4v) is 4.94. The number of nitrogens with zero attached hydrogens (tertiary/aromatic N) is 5. The first-order valence-corrected chi connectivity index (χ1v) is 11.1. The second-order valence-corrected chi connectivity index (χ2v) is 9.10. The van der Waals surface area contributed by atoms with Crippen molar-refractivity contribution in [3.63, 3.8) is 0 Å². The van der Waals surface area contributed by atoms with Crippen LogP contribution in [0.3, 0.4) is 0 Å². The van der Waals surface area contributed by atoms with Crippen LogP contribution in [0.1, 0.15) is 49.0 Å². The molecule has 4 heterocycles. The van der Waals surface area contributed by atoms with Crippen LogP contribution in [0.2, 0.25) is 0 Å². The number of aromatic amines is 1. The minimum absolute atomic E-state index is 0.0644. The van der Waals surface area contributed by atoms with Crippen LogP contribution >= 0.6 is 0 Å². The van der Waals surface area contributed by atoms with Crippen molar-refractivity contribution in [2.45, 2.75) is 44.6 Å². The molecule has 0 unspecified atom stereocenters. The molecule has 0 aromatic carbocycles. The SMILES string of the molecule is CNC(=O)c1cnc2ncc(-c3c(F)cn4nc(NC5CCC6(CC5)CC6)[nH]c(=O)c34)cn12. The van der Waals surface area contributed by atoms with E-state index in [2.05, 4.69) is 30.7 Å². The van der Waals surface area contributed by atoms with Crippen molar-refractivity contribution in [3.8, 4) is 11.1 Å². The Morgan fingerprint density at radius 1 is 1.18 bits per heavy atom. The van der Waals surface area contributed by atoms with Gasteiger partial charge in [0.1, 0.15) is 11.2 Å². The van der Waals surface area contributed by atoms with Crippen molar-refractivity contribution in [2.24, 2.45) is 5.41 Å². The van der Waals surface area contributed by atoms with Crippen molar-refractivity contribution in [2.75, 3.05) is 12.4 Å². The molecule has 2 saturated carbocycles. The van der Waals surface area contributed by atoms with Gasteiger partial charge in [0.2, 0.25) is 11.7 Å². The van der Waals surface area contributed by atoms with E-state index >= 15 is 4.39 Å². The van der Waals surface area contributed by atoms with E-state index in [0.29, 0.717) is 22.7 Å². The number of hydrogen-bond acceptors (Lipinski definition) is 6. The summed E-state index contributed by atoms with van der Waals surface area (Å²) in [4.78, 5) is 36.1. The summed E-state index contributed by atoms with van der Waals surface area (Å²) >= 11 is 0. The summed E-state index contributed by atoms with van der Waals surface area (Å²) in [7, 11) is 1.51. The minimum atomic E-state index is -0.610. The molecular formula is C22H23FN8O2. The van der Waals surface area contributed by atoms with Gasteiger partial charge in [-0.05, 0) is 43.9 Å². The maximum Gasteiger partial charge on any atom is 0.277 e. The zero-order valence-electron chi connectivity index (χ0n) is 18.1. The Morgan fingerprint density at radius 2 is 1.94 bits per heavy atom. The Kier molecular flexibility index (Phi) is 4.29. The fraction of sp³-hybridized carbons (Fsp3) is 0.409. The maximum absolute atomic E-state index is 15.0. The molecule has 0 bridgehead atoms. The second-order valence-electron chi connectivity index (χ2n) is 9.10. The highest BCUT2D eigenvalue weighted by molar-refractivity contribution is 5.93. The molecule has 2 aliphatic carbocycles. The van der Waals surface area contributed by atoms with Gasteiger partial charge in [-0.2, -0.15) is 0 Å². The summed E-state index contributed by atoms with van der Waals surface area (Å²) in [5, 5.41) is 10.3. The zero-order chi connectivity index (χ0) is 22.7. The molecule has 1 spiro atoms. The number of fused-ring (bicyclic) bond motifs is 2. The highest BCUT2D eigenvalue weighted by atomic mass is 19.1. The van der Waals surface area contributed by atoms with E-state index in [4.69, 9.17) is 0 Å². The van der Waals surface area contributed by atoms with Gasteiger partial charge in [-0.25, -0.2) is 18.9 Å². The first kappa shape index (κ1) is 19.9. The normalized spacial score (nSPS) is 17.6. The van der Waals surface area contributed by atoms with Crippen LogP contribution in [0.5, 0.6) is 0 Å². The molecule has 3 N–H and O–H groups in total. The molecule has 4 aromatic heterocycles. The molecule has 4 aromatic rings. The summed E-state index contributed by atoms with van der Waals surface area (Å²) in [6.07, 6.45) is 12.7. The molecule has 33 heavy (non-hydrogen) atoms. The molecule has 2 fully saturated rings. The number of amides is 1. The zero-order valence-corrected chi connectivity index (χ0v) is 18.1. The van der Waals surface area contributed by atoms with E-state index in [-0.39, 0.29) is 28.7 Å². The molecule has 0 radical (unpaired) electrons. The predicted octanol–water partition coefficient (Wildman–Crippen LogP) is 2.37. The van der Waals surface area contributed by atoms with Crippen molar-refractivity contribution in [1.29, 1.82) is 0 Å². The highest BCUT2D eigenvalue weighted by Crippen LogP contribution is 2.56. The number of anilines is 1. The molecule has 10 nitrogen and oxygen atoms in total. The van der Waals surface area contributed by atoms with Gasteiger partial charge in [-0.1, -0.05) is 0 Å². The minimum Gasteiger partial charge on any atom is -0.354 e. The van der Waals surface area contributed by atoms with Gasteiger partial charge in [0.25, 0.3) is 11.5 Å². The molecule has 1 amide bonds. The van der Waals surface area contributed by atoms with Crippen molar-refractivity contribution >= 4 is 23.1 Å². The number of halogens is 1. The lowest BCUT2D eigenvalue weighted by atomic mass is 9.83. The van der Waals surface area contributed by atoms with Crippen LogP contribution in [0.15, 0.2) is 29.6 Å². The first-order chi connectivity index (χ1) is 16.0. The van der Waals surface area contributed by atoms with Crippen LogP contribution in [-0.4, -0.2) is 48.0 Å². The van der Waals surface area contributed by atoms with Gasteiger partial charge in [-0.3, -0.25) is 19.0 Å². The van der Waals surface area contributed by atoms with Gasteiger partial charge in [0, 0.05) is 31.0 Å². The van der Waals surface area contributed by atoms with Crippen molar-refractivity contribution < 1.29 is 9.18 Å². The molecule has 0 aliphatic heterocycles. The number of carbonyl (C=O) groups is 1. The van der Waals surface area contributed by atoms with Crippen LogP contribution in [0, 0.1) is 11.2 Å². The summed E-state index contributed by atoms with van der Waals surface area (Å²) < 4.78 is 17.8. The lowest BCUT2D eigenvalue weighted by Gasteiger charge is -2.29. The fourth-order valence-electron chi connectivity index (χ4n) is 4.94. The monoisotopic (exact) mass is 450 g/mol. The van der Waals surface area contributed by atoms with E-state index in [1.165, 1.54) is 60.2 Å². The van der Waals surface area contributed by atoms with Gasteiger partial charge in [-0.15, -0.1) is 5.10 Å². The number of imidazole rings is 1. The third-order valence-corrected chi connectivity index (χ3v) is 7.05. The van der Waals surface area contributed by atoms with Crippen LogP contribution < -0.4 is 16.2 Å². The lowest BCUT2D eigenvalue weighted by Crippen LogP contribution is -2.29. The second kappa shape index (κ2) is 7.12. The Balaban J connectivity index is 1.37.